The Bertz CT molecular complexity index is 765. The maximum Gasteiger partial charge on any atom is 0.336 e. The molecule has 2 rings (SSSR count). The predicted octanol–water partition coefficient (Wildman–Crippen LogP) is 5.37. The summed E-state index contributed by atoms with van der Waals surface area (Å²) in [6.45, 7) is 11.0. The van der Waals surface area contributed by atoms with Crippen LogP contribution in [0.3, 0.4) is 0 Å². The van der Waals surface area contributed by atoms with Gasteiger partial charge in [0.1, 0.15) is 5.82 Å². The van der Waals surface area contributed by atoms with Crippen LogP contribution in [0, 0.1) is 17.2 Å². The Balaban J connectivity index is 2.29. The van der Waals surface area contributed by atoms with Crippen molar-refractivity contribution in [1.29, 1.82) is 0 Å². The van der Waals surface area contributed by atoms with Crippen LogP contribution in [0.5, 0.6) is 6.01 Å². The van der Waals surface area contributed by atoms with Crippen LogP contribution in [-0.4, -0.2) is 27.3 Å². The Morgan fingerprint density at radius 2 is 2.00 bits per heavy atom. The molecule has 5 nitrogen and oxygen atoms in total. The second kappa shape index (κ2) is 9.11. The molecule has 0 N–H and O–H groups in total. The lowest BCUT2D eigenvalue weighted by molar-refractivity contribution is 0.0856. The molecule has 2 aromatic rings. The van der Waals surface area contributed by atoms with E-state index in [1.807, 2.05) is 6.92 Å². The first kappa shape index (κ1) is 21.1. The van der Waals surface area contributed by atoms with Crippen molar-refractivity contribution in [3.8, 4) is 17.4 Å². The molecule has 0 amide bonds. The number of carbonyl (C=O) groups excluding carboxylic acids is 1. The molecule has 1 aromatic carbocycles. The van der Waals surface area contributed by atoms with Crippen molar-refractivity contribution >= 4 is 5.91 Å². The van der Waals surface area contributed by atoms with Crippen molar-refractivity contribution in [3.63, 3.8) is 0 Å². The summed E-state index contributed by atoms with van der Waals surface area (Å²) in [4.78, 5) is 17.2. The van der Waals surface area contributed by atoms with Gasteiger partial charge in [-0.15, -0.1) is 5.10 Å². The quantitative estimate of drug-likeness (QED) is 0.582. The smallest absolute Gasteiger partial charge is 0.336 e. The molecule has 1 atom stereocenters. The predicted molar refractivity (Wildman–Crippen MR) is 104 cm³/mol. The normalized spacial score (nSPS) is 12.8. The van der Waals surface area contributed by atoms with Crippen LogP contribution in [0.4, 0.5) is 4.39 Å². The molecule has 1 aromatic heterocycles. The van der Waals surface area contributed by atoms with E-state index in [1.165, 1.54) is 10.7 Å². The van der Waals surface area contributed by atoms with Crippen LogP contribution in [0.15, 0.2) is 24.3 Å². The highest BCUT2D eigenvalue weighted by atomic mass is 19.1. The van der Waals surface area contributed by atoms with Gasteiger partial charge in [-0.25, -0.2) is 4.39 Å². The molecule has 0 radical (unpaired) electrons. The fraction of sp³-hybridized carbons (Fsp3) is 0.571. The summed E-state index contributed by atoms with van der Waals surface area (Å²) < 4.78 is 21.0. The average molecular weight is 375 g/mol. The number of halogens is 1. The highest BCUT2D eigenvalue weighted by molar-refractivity contribution is 5.82. The molecule has 6 heteroatoms. The van der Waals surface area contributed by atoms with Gasteiger partial charge >= 0.3 is 6.01 Å². The largest absolute Gasteiger partial charge is 0.462 e. The molecule has 1 heterocycles. The second-order valence-corrected chi connectivity index (χ2v) is 8.28. The van der Waals surface area contributed by atoms with Gasteiger partial charge in [0.15, 0.2) is 5.82 Å². The maximum atomic E-state index is 14.3. The van der Waals surface area contributed by atoms with Crippen LogP contribution in [0.1, 0.15) is 65.1 Å². The molecule has 0 saturated carbocycles. The van der Waals surface area contributed by atoms with Crippen LogP contribution < -0.4 is 4.74 Å². The van der Waals surface area contributed by atoms with Crippen molar-refractivity contribution in [2.24, 2.45) is 11.3 Å². The first-order valence-corrected chi connectivity index (χ1v) is 9.59. The van der Waals surface area contributed by atoms with Gasteiger partial charge in [-0.3, -0.25) is 4.79 Å². The molecule has 0 bridgehead atoms. The number of unbranched alkanes of at least 4 members (excludes halogenated alkanes) is 1. The van der Waals surface area contributed by atoms with Crippen LogP contribution in [-0.2, 0) is 0 Å². The van der Waals surface area contributed by atoms with Crippen molar-refractivity contribution in [1.82, 2.24) is 14.8 Å². The molecular formula is C21H30FN3O2. The van der Waals surface area contributed by atoms with E-state index < -0.39 is 5.82 Å². The van der Waals surface area contributed by atoms with E-state index in [-0.39, 0.29) is 34.6 Å². The minimum atomic E-state index is -0.443. The van der Waals surface area contributed by atoms with Gasteiger partial charge in [0, 0.05) is 6.42 Å². The van der Waals surface area contributed by atoms with Crippen molar-refractivity contribution < 1.29 is 13.9 Å². The molecule has 27 heavy (non-hydrogen) atoms. The first-order valence-electron chi connectivity index (χ1n) is 9.59. The third-order valence-electron chi connectivity index (χ3n) is 4.15. The number of benzene rings is 1. The van der Waals surface area contributed by atoms with Crippen molar-refractivity contribution in [2.45, 2.75) is 60.3 Å². The summed E-state index contributed by atoms with van der Waals surface area (Å²) in [6.07, 6.45) is 3.06. The first-order chi connectivity index (χ1) is 12.7. The van der Waals surface area contributed by atoms with Gasteiger partial charge in [-0.05, 0) is 36.3 Å². The Morgan fingerprint density at radius 3 is 2.63 bits per heavy atom. The van der Waals surface area contributed by atoms with E-state index in [0.29, 0.717) is 13.0 Å². The Labute approximate surface area is 161 Å². The maximum absolute atomic E-state index is 14.3. The number of nitrogens with zero attached hydrogens (tertiary/aromatic N) is 3. The zero-order valence-electron chi connectivity index (χ0n) is 17.0. The topological polar surface area (TPSA) is 57.0 Å². The highest BCUT2D eigenvalue weighted by Crippen LogP contribution is 2.28. The van der Waals surface area contributed by atoms with Crippen molar-refractivity contribution in [2.75, 3.05) is 6.61 Å². The Kier molecular flexibility index (Phi) is 7.11. The molecule has 0 aliphatic carbocycles. The molecule has 0 fully saturated rings. The standard InChI is InChI=1S/C21H30FN3O2/c1-6-7-12-27-20-23-19(16-10-8-9-11-17(16)22)25(24-20)18(26)13-15(2)14-21(3,4)5/h8-11,15H,6-7,12-14H2,1-5H3. The number of ether oxygens (including phenoxy) is 1. The van der Waals surface area contributed by atoms with Crippen LogP contribution >= 0.6 is 0 Å². The Morgan fingerprint density at radius 1 is 1.30 bits per heavy atom. The SMILES string of the molecule is CCCCOc1nc(-c2ccccc2F)n(C(=O)CC(C)CC(C)(C)C)n1. The highest BCUT2D eigenvalue weighted by Gasteiger charge is 2.24. The zero-order valence-corrected chi connectivity index (χ0v) is 17.0. The summed E-state index contributed by atoms with van der Waals surface area (Å²) in [6, 6.07) is 6.36. The second-order valence-electron chi connectivity index (χ2n) is 8.28. The van der Waals surface area contributed by atoms with E-state index in [9.17, 15) is 9.18 Å². The van der Waals surface area contributed by atoms with Gasteiger partial charge in [-0.2, -0.15) is 9.67 Å². The van der Waals surface area contributed by atoms with E-state index >= 15 is 0 Å². The van der Waals surface area contributed by atoms with E-state index in [0.717, 1.165) is 19.3 Å². The van der Waals surface area contributed by atoms with Gasteiger partial charge in [0.05, 0.1) is 12.2 Å². The number of hydrogen-bond acceptors (Lipinski definition) is 4. The summed E-state index contributed by atoms with van der Waals surface area (Å²) in [7, 11) is 0. The molecule has 1 unspecified atom stereocenters. The molecule has 0 saturated heterocycles. The molecule has 0 aliphatic rings. The number of carbonyl (C=O) groups is 1. The molecule has 148 valence electrons. The summed E-state index contributed by atoms with van der Waals surface area (Å²) in [5.41, 5.74) is 0.373. The Hall–Kier alpha value is -2.24. The molecule has 0 aliphatic heterocycles. The van der Waals surface area contributed by atoms with E-state index in [4.69, 9.17) is 4.74 Å². The van der Waals surface area contributed by atoms with Gasteiger partial charge in [0.25, 0.3) is 0 Å². The number of rotatable bonds is 8. The van der Waals surface area contributed by atoms with E-state index in [2.05, 4.69) is 37.8 Å². The lowest BCUT2D eigenvalue weighted by atomic mass is 9.84. The van der Waals surface area contributed by atoms with Gasteiger partial charge in [-0.1, -0.05) is 53.2 Å². The monoisotopic (exact) mass is 375 g/mol. The van der Waals surface area contributed by atoms with Gasteiger partial charge < -0.3 is 4.74 Å². The number of hydrogen-bond donors (Lipinski definition) is 0. The molecule has 0 spiro atoms. The average Bonchev–Trinajstić information content (AvgIpc) is 2.98. The fourth-order valence-electron chi connectivity index (χ4n) is 3.16. The lowest BCUT2D eigenvalue weighted by Gasteiger charge is -2.22. The zero-order chi connectivity index (χ0) is 20.0. The summed E-state index contributed by atoms with van der Waals surface area (Å²) in [5, 5.41) is 4.22. The summed E-state index contributed by atoms with van der Waals surface area (Å²) in [5.74, 6) is -0.281. The number of aromatic nitrogens is 3. The van der Waals surface area contributed by atoms with E-state index in [1.54, 1.807) is 18.2 Å². The molecular weight excluding hydrogens is 345 g/mol. The third-order valence-corrected chi connectivity index (χ3v) is 4.15. The fourth-order valence-corrected chi connectivity index (χ4v) is 3.16. The minimum Gasteiger partial charge on any atom is -0.462 e. The minimum absolute atomic E-state index is 0.110. The van der Waals surface area contributed by atoms with Crippen LogP contribution in [0.2, 0.25) is 0 Å². The summed E-state index contributed by atoms with van der Waals surface area (Å²) >= 11 is 0. The van der Waals surface area contributed by atoms with Gasteiger partial charge in [0.2, 0.25) is 5.91 Å². The van der Waals surface area contributed by atoms with Crippen LogP contribution in [0.25, 0.3) is 11.4 Å². The van der Waals surface area contributed by atoms with Crippen molar-refractivity contribution in [3.05, 3.63) is 30.1 Å². The lowest BCUT2D eigenvalue weighted by Crippen LogP contribution is -2.20. The third kappa shape index (κ3) is 6.15.